The highest BCUT2D eigenvalue weighted by molar-refractivity contribution is 7.11. The molecular formula is C24H30FNS. The van der Waals surface area contributed by atoms with Gasteiger partial charge in [-0.1, -0.05) is 44.2 Å². The van der Waals surface area contributed by atoms with Gasteiger partial charge in [-0.25, -0.2) is 4.39 Å². The minimum atomic E-state index is -0.166. The Kier molecular flexibility index (Phi) is 7.28. The monoisotopic (exact) mass is 383 g/mol. The van der Waals surface area contributed by atoms with Crippen molar-refractivity contribution >= 4 is 11.3 Å². The highest BCUT2D eigenvalue weighted by Crippen LogP contribution is 2.31. The van der Waals surface area contributed by atoms with Gasteiger partial charge in [0.05, 0.1) is 6.54 Å². The van der Waals surface area contributed by atoms with Crippen molar-refractivity contribution in [2.45, 2.75) is 64.5 Å². The fourth-order valence-electron chi connectivity index (χ4n) is 3.59. The highest BCUT2D eigenvalue weighted by atomic mass is 32.1. The van der Waals surface area contributed by atoms with E-state index in [0.717, 1.165) is 32.2 Å². The van der Waals surface area contributed by atoms with Crippen LogP contribution in [0.15, 0.2) is 60.8 Å². The number of thiophene rings is 1. The maximum Gasteiger partial charge on any atom is 0.123 e. The number of rotatable bonds is 9. The molecule has 1 aliphatic rings. The van der Waals surface area contributed by atoms with Crippen LogP contribution in [-0.2, 0) is 19.4 Å². The second-order valence-electron chi connectivity index (χ2n) is 7.37. The van der Waals surface area contributed by atoms with Crippen molar-refractivity contribution in [2.75, 3.05) is 0 Å². The zero-order valence-corrected chi connectivity index (χ0v) is 17.1. The summed E-state index contributed by atoms with van der Waals surface area (Å²) in [6.07, 6.45) is 12.5. The van der Waals surface area contributed by atoms with E-state index in [-0.39, 0.29) is 5.82 Å². The Balaban J connectivity index is 1.52. The van der Waals surface area contributed by atoms with E-state index >= 15 is 0 Å². The lowest BCUT2D eigenvalue weighted by Crippen LogP contribution is -2.25. The van der Waals surface area contributed by atoms with Crippen molar-refractivity contribution in [3.63, 3.8) is 0 Å². The Morgan fingerprint density at radius 3 is 2.70 bits per heavy atom. The van der Waals surface area contributed by atoms with Crippen LogP contribution in [0, 0.1) is 5.82 Å². The van der Waals surface area contributed by atoms with Crippen molar-refractivity contribution in [3.05, 3.63) is 82.0 Å². The zero-order valence-electron chi connectivity index (χ0n) is 16.3. The van der Waals surface area contributed by atoms with Crippen molar-refractivity contribution in [2.24, 2.45) is 0 Å². The largest absolute Gasteiger partial charge is 0.364 e. The molecule has 0 radical (unpaired) electrons. The molecule has 0 aliphatic carbocycles. The van der Waals surface area contributed by atoms with E-state index in [9.17, 15) is 4.39 Å². The molecule has 0 amide bonds. The lowest BCUT2D eigenvalue weighted by atomic mass is 10.1. The summed E-state index contributed by atoms with van der Waals surface area (Å²) >= 11 is 1.95. The molecule has 1 aromatic carbocycles. The normalized spacial score (nSPS) is 17.3. The molecule has 0 bridgehead atoms. The first-order chi connectivity index (χ1) is 13.2. The van der Waals surface area contributed by atoms with Gasteiger partial charge in [0, 0.05) is 21.5 Å². The van der Waals surface area contributed by atoms with E-state index in [1.54, 1.807) is 0 Å². The first-order valence-corrected chi connectivity index (χ1v) is 10.9. The molecule has 1 nitrogen and oxygen atoms in total. The van der Waals surface area contributed by atoms with Crippen LogP contribution in [0.1, 0.15) is 54.3 Å². The summed E-state index contributed by atoms with van der Waals surface area (Å²) in [6, 6.07) is 11.9. The maximum atomic E-state index is 13.0. The molecule has 0 N–H and O–H groups in total. The fraction of sp³-hybridized carbons (Fsp3) is 0.417. The van der Waals surface area contributed by atoms with Gasteiger partial charge in [0.15, 0.2) is 0 Å². The highest BCUT2D eigenvalue weighted by Gasteiger charge is 2.24. The van der Waals surface area contributed by atoms with Crippen molar-refractivity contribution < 1.29 is 4.39 Å². The van der Waals surface area contributed by atoms with E-state index in [2.05, 4.69) is 42.7 Å². The smallest absolute Gasteiger partial charge is 0.123 e. The number of unbranched alkanes of at least 4 members (excludes halogenated alkanes) is 1. The third kappa shape index (κ3) is 5.80. The molecule has 3 rings (SSSR count). The predicted molar refractivity (Wildman–Crippen MR) is 114 cm³/mol. The summed E-state index contributed by atoms with van der Waals surface area (Å²) in [5.41, 5.74) is 2.44. The molecule has 1 fully saturated rings. The van der Waals surface area contributed by atoms with Crippen molar-refractivity contribution in [1.29, 1.82) is 0 Å². The lowest BCUT2D eigenvalue weighted by molar-refractivity contribution is 0.331. The van der Waals surface area contributed by atoms with Gasteiger partial charge in [-0.2, -0.15) is 0 Å². The first-order valence-electron chi connectivity index (χ1n) is 10.1. The van der Waals surface area contributed by atoms with Gasteiger partial charge in [0.1, 0.15) is 5.82 Å². The number of aryl methyl sites for hydroxylation is 2. The summed E-state index contributed by atoms with van der Waals surface area (Å²) in [7, 11) is 0. The van der Waals surface area contributed by atoms with Crippen molar-refractivity contribution in [3.8, 4) is 0 Å². The second-order valence-corrected chi connectivity index (χ2v) is 8.62. The molecule has 1 unspecified atom stereocenters. The van der Waals surface area contributed by atoms with Crippen LogP contribution in [0.4, 0.5) is 4.39 Å². The third-order valence-corrected chi connectivity index (χ3v) is 6.36. The summed E-state index contributed by atoms with van der Waals surface area (Å²) in [4.78, 5) is 5.40. The van der Waals surface area contributed by atoms with Crippen LogP contribution in [0.25, 0.3) is 0 Å². The molecule has 0 spiro atoms. The van der Waals surface area contributed by atoms with Crippen LogP contribution in [0.3, 0.4) is 0 Å². The molecule has 0 saturated carbocycles. The Morgan fingerprint density at radius 2 is 1.93 bits per heavy atom. The minimum Gasteiger partial charge on any atom is -0.364 e. The molecule has 1 saturated heterocycles. The number of allylic oxidation sites excluding steroid dienone is 2. The molecule has 27 heavy (non-hydrogen) atoms. The number of benzene rings is 1. The lowest BCUT2D eigenvalue weighted by Gasteiger charge is -2.25. The quantitative estimate of drug-likeness (QED) is 0.426. The van der Waals surface area contributed by atoms with E-state index in [4.69, 9.17) is 0 Å². The van der Waals surface area contributed by atoms with Gasteiger partial charge in [-0.3, -0.25) is 0 Å². The average molecular weight is 384 g/mol. The Bertz CT molecular complexity index is 759. The molecule has 1 aromatic heterocycles. The Morgan fingerprint density at radius 1 is 1.15 bits per heavy atom. The maximum absolute atomic E-state index is 13.0. The van der Waals surface area contributed by atoms with E-state index in [0.29, 0.717) is 6.04 Å². The predicted octanol–water partition coefficient (Wildman–Crippen LogP) is 6.90. The number of likely N-dealkylation sites (tertiary alicyclic amines) is 1. The van der Waals surface area contributed by atoms with Crippen LogP contribution in [-0.4, -0.2) is 10.9 Å². The van der Waals surface area contributed by atoms with Crippen LogP contribution in [0.5, 0.6) is 0 Å². The molecule has 2 heterocycles. The van der Waals surface area contributed by atoms with Gasteiger partial charge in [-0.05, 0) is 68.4 Å². The zero-order chi connectivity index (χ0) is 19.1. The fourth-order valence-corrected chi connectivity index (χ4v) is 4.65. The van der Waals surface area contributed by atoms with Crippen molar-refractivity contribution in [1.82, 2.24) is 4.90 Å². The third-order valence-electron chi connectivity index (χ3n) is 5.23. The molecule has 144 valence electrons. The molecule has 2 aromatic rings. The van der Waals surface area contributed by atoms with Crippen LogP contribution >= 0.6 is 11.3 Å². The Hall–Kier alpha value is -1.87. The average Bonchev–Trinajstić information content (AvgIpc) is 3.26. The SMILES string of the molecule is C=C1CCC(/C=C/CCc2ccc(F)cc2)N1Cc1ccc(CCCC)s1. The second kappa shape index (κ2) is 9.89. The van der Waals surface area contributed by atoms with Crippen LogP contribution in [0.2, 0.25) is 0 Å². The van der Waals surface area contributed by atoms with E-state index < -0.39 is 0 Å². The topological polar surface area (TPSA) is 3.24 Å². The number of hydrogen-bond acceptors (Lipinski definition) is 2. The summed E-state index contributed by atoms with van der Waals surface area (Å²) in [6.45, 7) is 7.50. The van der Waals surface area contributed by atoms with Gasteiger partial charge in [0.2, 0.25) is 0 Å². The standard InChI is InChI=1S/C24H30FNS/c1-3-4-9-23-16-17-24(27-23)18-26-19(2)10-15-22(26)8-6-5-7-20-11-13-21(25)14-12-20/h6,8,11-14,16-17,22H,2-5,7,9-10,15,18H2,1H3/b8-6+. The van der Waals surface area contributed by atoms with Gasteiger partial charge < -0.3 is 4.90 Å². The summed E-state index contributed by atoms with van der Waals surface area (Å²) in [5.74, 6) is -0.166. The minimum absolute atomic E-state index is 0.166. The number of halogens is 1. The first kappa shape index (κ1) is 19.9. The number of nitrogens with zero attached hydrogens (tertiary/aromatic N) is 1. The molecule has 1 aliphatic heterocycles. The van der Waals surface area contributed by atoms with Gasteiger partial charge >= 0.3 is 0 Å². The Labute approximate surface area is 167 Å². The van der Waals surface area contributed by atoms with E-state index in [1.807, 2.05) is 23.5 Å². The summed E-state index contributed by atoms with van der Waals surface area (Å²) < 4.78 is 13.0. The van der Waals surface area contributed by atoms with Gasteiger partial charge in [-0.15, -0.1) is 11.3 Å². The molecule has 1 atom stereocenters. The van der Waals surface area contributed by atoms with Gasteiger partial charge in [0.25, 0.3) is 0 Å². The number of hydrogen-bond donors (Lipinski definition) is 0. The van der Waals surface area contributed by atoms with Crippen LogP contribution < -0.4 is 0 Å². The summed E-state index contributed by atoms with van der Waals surface area (Å²) in [5, 5.41) is 0. The van der Waals surface area contributed by atoms with E-state index in [1.165, 1.54) is 52.4 Å². The molecular weight excluding hydrogens is 353 g/mol. The molecule has 3 heteroatoms.